The lowest BCUT2D eigenvalue weighted by Gasteiger charge is -2.14. The summed E-state index contributed by atoms with van der Waals surface area (Å²) in [7, 11) is 0. The Bertz CT molecular complexity index is 1160. The number of pyridine rings is 1. The molecule has 2 heterocycles. The molecule has 0 aliphatic rings. The molecule has 0 amide bonds. The maximum atomic E-state index is 13.6. The lowest BCUT2D eigenvalue weighted by Crippen LogP contribution is -2.23. The Morgan fingerprint density at radius 2 is 1.69 bits per heavy atom. The highest BCUT2D eigenvalue weighted by atomic mass is 19.1. The Morgan fingerprint density at radius 3 is 2.46 bits per heavy atom. The monoisotopic (exact) mass is 350 g/mol. The lowest BCUT2D eigenvalue weighted by atomic mass is 10.2. The first-order valence-electron chi connectivity index (χ1n) is 7.78. The Hall–Kier alpha value is -3.61. The van der Waals surface area contributed by atoms with Crippen LogP contribution in [0.5, 0.6) is 0 Å². The van der Waals surface area contributed by atoms with E-state index in [9.17, 15) is 13.6 Å². The third-order valence-corrected chi connectivity index (χ3v) is 3.81. The van der Waals surface area contributed by atoms with Crippen LogP contribution in [0.2, 0.25) is 0 Å². The molecule has 2 aromatic carbocycles. The molecule has 0 atom stereocenters. The molecule has 2 aromatic heterocycles. The second kappa shape index (κ2) is 6.36. The van der Waals surface area contributed by atoms with Gasteiger partial charge in [0.2, 0.25) is 5.95 Å². The van der Waals surface area contributed by atoms with Crippen LogP contribution in [-0.4, -0.2) is 14.5 Å². The van der Waals surface area contributed by atoms with E-state index in [4.69, 9.17) is 0 Å². The molecule has 5 nitrogen and oxygen atoms in total. The first kappa shape index (κ1) is 15.9. The van der Waals surface area contributed by atoms with Gasteiger partial charge in [-0.1, -0.05) is 18.2 Å². The summed E-state index contributed by atoms with van der Waals surface area (Å²) in [5.74, 6) is -0.649. The van der Waals surface area contributed by atoms with Gasteiger partial charge in [0.15, 0.2) is 0 Å². The van der Waals surface area contributed by atoms with Gasteiger partial charge in [0.05, 0.1) is 16.6 Å². The Kier molecular flexibility index (Phi) is 3.89. The Labute approximate surface area is 146 Å². The molecule has 4 aromatic rings. The highest BCUT2D eigenvalue weighted by Gasteiger charge is 2.14. The van der Waals surface area contributed by atoms with Gasteiger partial charge in [-0.25, -0.2) is 23.3 Å². The molecule has 0 unspecified atom stereocenters. The second-order valence-electron chi connectivity index (χ2n) is 5.56. The Morgan fingerprint density at radius 1 is 0.923 bits per heavy atom. The van der Waals surface area contributed by atoms with Gasteiger partial charge in [0.1, 0.15) is 17.5 Å². The molecule has 7 heteroatoms. The molecule has 128 valence electrons. The smallest absolute Gasteiger partial charge is 0.267 e. The highest BCUT2D eigenvalue weighted by molar-refractivity contribution is 5.80. The minimum Gasteiger partial charge on any atom is -0.310 e. The number of benzene rings is 2. The summed E-state index contributed by atoms with van der Waals surface area (Å²) in [5.41, 5.74) is 0.414. The fraction of sp³-hybridized carbons (Fsp3) is 0. The van der Waals surface area contributed by atoms with Gasteiger partial charge in [-0.15, -0.1) is 0 Å². The summed E-state index contributed by atoms with van der Waals surface area (Å²) in [6.45, 7) is 0. The molecular weight excluding hydrogens is 338 g/mol. The molecule has 4 rings (SSSR count). The van der Waals surface area contributed by atoms with Crippen LogP contribution in [0.15, 0.2) is 71.7 Å². The molecule has 26 heavy (non-hydrogen) atoms. The third-order valence-electron chi connectivity index (χ3n) is 3.81. The number of fused-ring (bicyclic) bond motifs is 1. The zero-order valence-electron chi connectivity index (χ0n) is 13.4. The fourth-order valence-electron chi connectivity index (χ4n) is 2.65. The predicted molar refractivity (Wildman–Crippen MR) is 94.8 cm³/mol. The molecule has 0 saturated carbocycles. The lowest BCUT2D eigenvalue weighted by molar-refractivity contribution is 0.626. The quantitative estimate of drug-likeness (QED) is 0.610. The number of anilines is 2. The van der Waals surface area contributed by atoms with Crippen LogP contribution in [0.25, 0.3) is 16.6 Å². The zero-order chi connectivity index (χ0) is 18.1. The molecule has 0 aliphatic carbocycles. The predicted octanol–water partition coefficient (Wildman–Crippen LogP) is 3.80. The minimum absolute atomic E-state index is 0.145. The van der Waals surface area contributed by atoms with Crippen LogP contribution < -0.4 is 10.9 Å². The SMILES string of the molecule is O=c1c2cc(F)ccc2nc(Nc2cc(F)ccn2)n1-c1ccccc1. The van der Waals surface area contributed by atoms with Crippen molar-refractivity contribution in [2.24, 2.45) is 0 Å². The van der Waals surface area contributed by atoms with Gasteiger partial charge >= 0.3 is 0 Å². The maximum absolute atomic E-state index is 13.6. The maximum Gasteiger partial charge on any atom is 0.267 e. The number of nitrogens with one attached hydrogen (secondary N) is 1. The van der Waals surface area contributed by atoms with Crippen molar-refractivity contribution in [1.29, 1.82) is 0 Å². The molecule has 0 aliphatic heterocycles. The fourth-order valence-corrected chi connectivity index (χ4v) is 2.65. The number of aromatic nitrogens is 3. The van der Waals surface area contributed by atoms with Crippen molar-refractivity contribution in [2.75, 3.05) is 5.32 Å². The highest BCUT2D eigenvalue weighted by Crippen LogP contribution is 2.20. The van der Waals surface area contributed by atoms with E-state index in [2.05, 4.69) is 15.3 Å². The second-order valence-corrected chi connectivity index (χ2v) is 5.56. The van der Waals surface area contributed by atoms with Gasteiger partial charge in [-0.05, 0) is 36.4 Å². The van der Waals surface area contributed by atoms with Crippen LogP contribution in [0.1, 0.15) is 0 Å². The number of para-hydroxylation sites is 1. The molecule has 0 saturated heterocycles. The number of hydrogen-bond donors (Lipinski definition) is 1. The van der Waals surface area contributed by atoms with Gasteiger partial charge in [-0.3, -0.25) is 4.79 Å². The molecule has 0 spiro atoms. The van der Waals surface area contributed by atoms with Crippen molar-refractivity contribution < 1.29 is 8.78 Å². The zero-order valence-corrected chi connectivity index (χ0v) is 13.4. The van der Waals surface area contributed by atoms with E-state index in [1.807, 2.05) is 6.07 Å². The largest absolute Gasteiger partial charge is 0.310 e. The van der Waals surface area contributed by atoms with Crippen LogP contribution in [0.3, 0.4) is 0 Å². The first-order valence-corrected chi connectivity index (χ1v) is 7.78. The molecule has 0 bridgehead atoms. The number of hydrogen-bond acceptors (Lipinski definition) is 4. The van der Waals surface area contributed by atoms with E-state index in [-0.39, 0.29) is 17.2 Å². The van der Waals surface area contributed by atoms with Crippen molar-refractivity contribution in [2.45, 2.75) is 0 Å². The Balaban J connectivity index is 1.98. The van der Waals surface area contributed by atoms with Crippen LogP contribution >= 0.6 is 0 Å². The van der Waals surface area contributed by atoms with E-state index in [1.165, 1.54) is 35.0 Å². The van der Waals surface area contributed by atoms with Gasteiger partial charge in [-0.2, -0.15) is 0 Å². The minimum atomic E-state index is -0.525. The summed E-state index contributed by atoms with van der Waals surface area (Å²) in [6, 6.07) is 15.0. The molecule has 1 N–H and O–H groups in total. The van der Waals surface area contributed by atoms with Crippen molar-refractivity contribution in [3.05, 3.63) is 88.8 Å². The van der Waals surface area contributed by atoms with Crippen molar-refractivity contribution >= 4 is 22.7 Å². The van der Waals surface area contributed by atoms with Gasteiger partial charge < -0.3 is 5.32 Å². The summed E-state index contributed by atoms with van der Waals surface area (Å²) < 4.78 is 28.4. The topological polar surface area (TPSA) is 59.8 Å². The normalized spacial score (nSPS) is 10.8. The van der Waals surface area contributed by atoms with E-state index in [1.54, 1.807) is 24.3 Å². The molecular formula is C19H12F2N4O. The number of halogens is 2. The van der Waals surface area contributed by atoms with E-state index in [0.717, 1.165) is 6.07 Å². The van der Waals surface area contributed by atoms with Crippen LogP contribution in [0.4, 0.5) is 20.5 Å². The van der Waals surface area contributed by atoms with Crippen molar-refractivity contribution in [1.82, 2.24) is 14.5 Å². The first-order chi connectivity index (χ1) is 12.6. The third kappa shape index (κ3) is 2.90. The summed E-state index contributed by atoms with van der Waals surface area (Å²) in [6.07, 6.45) is 1.30. The standard InChI is InChI=1S/C19H12F2N4O/c20-12-6-7-16-15(10-12)18(26)25(14-4-2-1-3-5-14)19(23-16)24-17-11-13(21)8-9-22-17/h1-11H,(H,22,23,24). The average molecular weight is 350 g/mol. The number of nitrogens with zero attached hydrogens (tertiary/aromatic N) is 3. The van der Waals surface area contributed by atoms with E-state index < -0.39 is 17.2 Å². The summed E-state index contributed by atoms with van der Waals surface area (Å²) >= 11 is 0. The van der Waals surface area contributed by atoms with Crippen LogP contribution in [0, 0.1) is 11.6 Å². The average Bonchev–Trinajstić information content (AvgIpc) is 2.63. The molecule has 0 radical (unpaired) electrons. The summed E-state index contributed by atoms with van der Waals surface area (Å²) in [5, 5.41) is 3.01. The summed E-state index contributed by atoms with van der Waals surface area (Å²) in [4.78, 5) is 21.4. The van der Waals surface area contributed by atoms with Gasteiger partial charge in [0.25, 0.3) is 5.56 Å². The van der Waals surface area contributed by atoms with E-state index >= 15 is 0 Å². The van der Waals surface area contributed by atoms with Crippen LogP contribution in [-0.2, 0) is 0 Å². The van der Waals surface area contributed by atoms with Crippen molar-refractivity contribution in [3.8, 4) is 5.69 Å². The van der Waals surface area contributed by atoms with Gasteiger partial charge in [0, 0.05) is 12.3 Å². The number of rotatable bonds is 3. The molecule has 0 fully saturated rings. The van der Waals surface area contributed by atoms with Crippen molar-refractivity contribution in [3.63, 3.8) is 0 Å². The van der Waals surface area contributed by atoms with E-state index in [0.29, 0.717) is 11.2 Å².